The van der Waals surface area contributed by atoms with Gasteiger partial charge in [0.1, 0.15) is 17.9 Å². The molecule has 116 valence electrons. The molecule has 0 aliphatic heterocycles. The predicted molar refractivity (Wildman–Crippen MR) is 80.4 cm³/mol. The monoisotopic (exact) mass is 304 g/mol. The fraction of sp³-hybridized carbons (Fsp3) is 0.267. The van der Waals surface area contributed by atoms with Gasteiger partial charge in [-0.25, -0.2) is 4.79 Å². The quantitative estimate of drug-likeness (QED) is 0.787. The molecular formula is C15H16N2O5. The lowest BCUT2D eigenvalue weighted by atomic mass is 10.1. The van der Waals surface area contributed by atoms with Gasteiger partial charge in [0, 0.05) is 11.6 Å². The minimum atomic E-state index is -1.04. The Kier molecular flexibility index (Phi) is 4.77. The van der Waals surface area contributed by atoms with E-state index in [1.807, 2.05) is 0 Å². The van der Waals surface area contributed by atoms with E-state index in [-0.39, 0.29) is 18.7 Å². The molecule has 1 aromatic heterocycles. The van der Waals surface area contributed by atoms with Gasteiger partial charge >= 0.3 is 11.9 Å². The smallest absolute Gasteiger partial charge is 0.341 e. The number of aliphatic carboxylic acids is 1. The van der Waals surface area contributed by atoms with E-state index < -0.39 is 11.9 Å². The number of carboxylic acid groups (broad SMARTS) is 1. The number of hydrogen-bond donors (Lipinski definition) is 2. The van der Waals surface area contributed by atoms with Crippen molar-refractivity contribution in [3.8, 4) is 5.75 Å². The fourth-order valence-corrected chi connectivity index (χ4v) is 2.02. The third kappa shape index (κ3) is 3.25. The topological polar surface area (TPSA) is 97.8 Å². The summed E-state index contributed by atoms with van der Waals surface area (Å²) in [5, 5.41) is 12.2. The number of fused-ring (bicyclic) bond motifs is 1. The van der Waals surface area contributed by atoms with Gasteiger partial charge in [-0.1, -0.05) is 0 Å². The highest BCUT2D eigenvalue weighted by atomic mass is 16.5. The molecule has 7 heteroatoms. The Bertz CT molecular complexity index is 714. The van der Waals surface area contributed by atoms with E-state index in [1.165, 1.54) is 13.3 Å². The number of hydrogen-bond acceptors (Lipinski definition) is 6. The van der Waals surface area contributed by atoms with Crippen LogP contribution in [0.1, 0.15) is 17.3 Å². The third-order valence-electron chi connectivity index (χ3n) is 2.99. The maximum Gasteiger partial charge on any atom is 0.341 e. The molecule has 2 rings (SSSR count). The number of rotatable bonds is 6. The van der Waals surface area contributed by atoms with Gasteiger partial charge in [-0.05, 0) is 25.1 Å². The van der Waals surface area contributed by atoms with Crippen LogP contribution in [0.25, 0.3) is 10.9 Å². The number of esters is 1. The molecule has 0 amide bonds. The average molecular weight is 304 g/mol. The summed E-state index contributed by atoms with van der Waals surface area (Å²) in [7, 11) is 1.52. The highest BCUT2D eigenvalue weighted by Crippen LogP contribution is 2.29. The van der Waals surface area contributed by atoms with Crippen molar-refractivity contribution in [2.24, 2.45) is 0 Å². The van der Waals surface area contributed by atoms with Gasteiger partial charge in [0.2, 0.25) is 0 Å². The first kappa shape index (κ1) is 15.6. The second-order valence-corrected chi connectivity index (χ2v) is 4.40. The van der Waals surface area contributed by atoms with Crippen LogP contribution < -0.4 is 10.1 Å². The number of aromatic nitrogens is 1. The minimum Gasteiger partial charge on any atom is -0.497 e. The maximum absolute atomic E-state index is 12.0. The molecule has 0 bridgehead atoms. The first-order chi connectivity index (χ1) is 10.6. The first-order valence-electron chi connectivity index (χ1n) is 6.66. The highest BCUT2D eigenvalue weighted by Gasteiger charge is 2.17. The fourth-order valence-electron chi connectivity index (χ4n) is 2.02. The van der Waals surface area contributed by atoms with Crippen LogP contribution in [0.5, 0.6) is 5.75 Å². The zero-order valence-electron chi connectivity index (χ0n) is 12.3. The van der Waals surface area contributed by atoms with E-state index in [4.69, 9.17) is 14.6 Å². The zero-order valence-corrected chi connectivity index (χ0v) is 12.3. The Labute approximate surface area is 126 Å². The number of carboxylic acids is 1. The summed E-state index contributed by atoms with van der Waals surface area (Å²) in [6, 6.07) is 5.16. The second-order valence-electron chi connectivity index (χ2n) is 4.40. The zero-order chi connectivity index (χ0) is 16.1. The van der Waals surface area contributed by atoms with Crippen molar-refractivity contribution in [1.82, 2.24) is 4.98 Å². The second kappa shape index (κ2) is 6.75. The average Bonchev–Trinajstić information content (AvgIpc) is 2.51. The lowest BCUT2D eigenvalue weighted by Gasteiger charge is -2.13. The van der Waals surface area contributed by atoms with E-state index in [9.17, 15) is 9.59 Å². The van der Waals surface area contributed by atoms with Gasteiger partial charge in [0.25, 0.3) is 0 Å². The Morgan fingerprint density at radius 3 is 2.77 bits per heavy atom. The maximum atomic E-state index is 12.0. The summed E-state index contributed by atoms with van der Waals surface area (Å²) in [6.07, 6.45) is 1.37. The standard InChI is InChI=1S/C15H16N2O5/c1-3-22-15(20)11-7-16-12-5-4-9(21-2)6-10(12)14(11)17-8-13(18)19/h4-7H,3,8H2,1-2H3,(H,16,17)(H,18,19). The molecular weight excluding hydrogens is 288 g/mol. The van der Waals surface area contributed by atoms with E-state index >= 15 is 0 Å². The normalized spacial score (nSPS) is 10.3. The van der Waals surface area contributed by atoms with Crippen molar-refractivity contribution in [1.29, 1.82) is 0 Å². The number of benzene rings is 1. The van der Waals surface area contributed by atoms with Crippen LogP contribution in [0.15, 0.2) is 24.4 Å². The van der Waals surface area contributed by atoms with Crippen LogP contribution in [-0.4, -0.2) is 42.3 Å². The molecule has 0 atom stereocenters. The van der Waals surface area contributed by atoms with E-state index in [1.54, 1.807) is 25.1 Å². The van der Waals surface area contributed by atoms with Crippen LogP contribution in [0.2, 0.25) is 0 Å². The molecule has 0 unspecified atom stereocenters. The molecule has 1 heterocycles. The summed E-state index contributed by atoms with van der Waals surface area (Å²) in [6.45, 7) is 1.58. The molecule has 7 nitrogen and oxygen atoms in total. The summed E-state index contributed by atoms with van der Waals surface area (Å²) >= 11 is 0. The third-order valence-corrected chi connectivity index (χ3v) is 2.99. The molecule has 22 heavy (non-hydrogen) atoms. The van der Waals surface area contributed by atoms with Crippen molar-refractivity contribution >= 4 is 28.5 Å². The molecule has 0 fully saturated rings. The Balaban J connectivity index is 2.59. The van der Waals surface area contributed by atoms with Crippen molar-refractivity contribution in [2.45, 2.75) is 6.92 Å². The van der Waals surface area contributed by atoms with E-state index in [2.05, 4.69) is 10.3 Å². The molecule has 2 N–H and O–H groups in total. The summed E-state index contributed by atoms with van der Waals surface area (Å²) < 4.78 is 10.1. The molecule has 0 radical (unpaired) electrons. The van der Waals surface area contributed by atoms with Gasteiger partial charge in [0.05, 0.1) is 24.9 Å². The van der Waals surface area contributed by atoms with Crippen molar-refractivity contribution < 1.29 is 24.2 Å². The number of pyridine rings is 1. The number of nitrogens with one attached hydrogen (secondary N) is 1. The van der Waals surface area contributed by atoms with Gasteiger partial charge < -0.3 is 19.9 Å². The van der Waals surface area contributed by atoms with Gasteiger partial charge in [-0.3, -0.25) is 9.78 Å². The molecule has 0 saturated carbocycles. The number of methoxy groups -OCH3 is 1. The van der Waals surface area contributed by atoms with Gasteiger partial charge in [-0.15, -0.1) is 0 Å². The highest BCUT2D eigenvalue weighted by molar-refractivity contribution is 6.05. The molecule has 0 saturated heterocycles. The lowest BCUT2D eigenvalue weighted by Crippen LogP contribution is -2.16. The summed E-state index contributed by atoms with van der Waals surface area (Å²) in [4.78, 5) is 27.1. The number of carbonyl (C=O) groups is 2. The van der Waals surface area contributed by atoms with Crippen molar-refractivity contribution in [3.63, 3.8) is 0 Å². The molecule has 0 aliphatic rings. The first-order valence-corrected chi connectivity index (χ1v) is 6.66. The Morgan fingerprint density at radius 2 is 2.14 bits per heavy atom. The predicted octanol–water partition coefficient (Wildman–Crippen LogP) is 1.92. The SMILES string of the molecule is CCOC(=O)c1cnc2ccc(OC)cc2c1NCC(=O)O. The number of anilines is 1. The van der Waals surface area contributed by atoms with Crippen LogP contribution in [-0.2, 0) is 9.53 Å². The van der Waals surface area contributed by atoms with Crippen molar-refractivity contribution in [3.05, 3.63) is 30.0 Å². The van der Waals surface area contributed by atoms with Crippen molar-refractivity contribution in [2.75, 3.05) is 25.6 Å². The Morgan fingerprint density at radius 1 is 1.36 bits per heavy atom. The van der Waals surface area contributed by atoms with Gasteiger partial charge in [-0.2, -0.15) is 0 Å². The summed E-state index contributed by atoms with van der Waals surface area (Å²) in [5.74, 6) is -1.02. The number of ether oxygens (including phenoxy) is 2. The minimum absolute atomic E-state index is 0.184. The molecule has 1 aromatic carbocycles. The van der Waals surface area contributed by atoms with Crippen LogP contribution in [0, 0.1) is 0 Å². The van der Waals surface area contributed by atoms with Gasteiger partial charge in [0.15, 0.2) is 0 Å². The number of nitrogens with zero attached hydrogens (tertiary/aromatic N) is 1. The van der Waals surface area contributed by atoms with Crippen LogP contribution >= 0.6 is 0 Å². The molecule has 0 aliphatic carbocycles. The summed E-state index contributed by atoms with van der Waals surface area (Å²) in [5.41, 5.74) is 1.16. The lowest BCUT2D eigenvalue weighted by molar-refractivity contribution is -0.134. The van der Waals surface area contributed by atoms with Crippen LogP contribution in [0.3, 0.4) is 0 Å². The van der Waals surface area contributed by atoms with E-state index in [0.29, 0.717) is 22.3 Å². The van der Waals surface area contributed by atoms with Crippen LogP contribution in [0.4, 0.5) is 5.69 Å². The number of carbonyl (C=O) groups excluding carboxylic acids is 1. The molecule has 2 aromatic rings. The Hall–Kier alpha value is -2.83. The molecule has 0 spiro atoms. The largest absolute Gasteiger partial charge is 0.497 e. The van der Waals surface area contributed by atoms with E-state index in [0.717, 1.165) is 0 Å².